The number of hydrogen-bond donors (Lipinski definition) is 2. The van der Waals surface area contributed by atoms with Crippen molar-refractivity contribution < 1.29 is 9.05 Å². The number of hydrogen-bond acceptors (Lipinski definition) is 6. The summed E-state index contributed by atoms with van der Waals surface area (Å²) in [5.41, 5.74) is 2.91. The second-order valence-electron chi connectivity index (χ2n) is 7.39. The van der Waals surface area contributed by atoms with E-state index in [0.717, 1.165) is 47.8 Å². The van der Waals surface area contributed by atoms with Gasteiger partial charge in [0.05, 0.1) is 18.8 Å². The number of nitrogens with zero attached hydrogens (tertiary/aromatic N) is 4. The van der Waals surface area contributed by atoms with Gasteiger partial charge in [-0.25, -0.2) is 4.99 Å². The van der Waals surface area contributed by atoms with Crippen molar-refractivity contribution in [3.63, 3.8) is 0 Å². The van der Waals surface area contributed by atoms with E-state index in [-0.39, 0.29) is 0 Å². The fraction of sp³-hybridized carbons (Fsp3) is 0.455. The third-order valence-corrected chi connectivity index (χ3v) is 4.48. The van der Waals surface area contributed by atoms with Gasteiger partial charge >= 0.3 is 0 Å². The Morgan fingerprint density at radius 3 is 2.70 bits per heavy atom. The highest BCUT2D eigenvalue weighted by atomic mass is 16.5. The Labute approximate surface area is 177 Å². The van der Waals surface area contributed by atoms with Gasteiger partial charge in [-0.2, -0.15) is 4.98 Å². The quantitative estimate of drug-likeness (QED) is 0.405. The van der Waals surface area contributed by atoms with Gasteiger partial charge in [0.1, 0.15) is 0 Å². The third kappa shape index (κ3) is 5.92. The van der Waals surface area contributed by atoms with Gasteiger partial charge in [-0.15, -0.1) is 0 Å². The number of rotatable bonds is 9. The van der Waals surface area contributed by atoms with Crippen molar-refractivity contribution in [3.8, 4) is 11.5 Å². The molecule has 30 heavy (non-hydrogen) atoms. The van der Waals surface area contributed by atoms with E-state index in [1.807, 2.05) is 37.3 Å². The summed E-state index contributed by atoms with van der Waals surface area (Å²) < 4.78 is 10.8. The Hall–Kier alpha value is -3.16. The van der Waals surface area contributed by atoms with Crippen molar-refractivity contribution in [1.82, 2.24) is 25.9 Å². The van der Waals surface area contributed by atoms with Crippen molar-refractivity contribution in [2.75, 3.05) is 6.54 Å². The van der Waals surface area contributed by atoms with Crippen LogP contribution in [0.4, 0.5) is 0 Å². The van der Waals surface area contributed by atoms with Crippen molar-refractivity contribution in [2.24, 2.45) is 4.99 Å². The molecular formula is C22H30N6O2. The molecule has 8 nitrogen and oxygen atoms in total. The number of aryl methyl sites for hydroxylation is 1. The van der Waals surface area contributed by atoms with Gasteiger partial charge in [-0.05, 0) is 37.0 Å². The van der Waals surface area contributed by atoms with Gasteiger partial charge in [0.2, 0.25) is 0 Å². The van der Waals surface area contributed by atoms with Gasteiger partial charge in [0.15, 0.2) is 17.5 Å². The minimum Gasteiger partial charge on any atom is -0.359 e. The second kappa shape index (κ2) is 10.6. The third-order valence-electron chi connectivity index (χ3n) is 4.48. The molecule has 0 spiro atoms. The van der Waals surface area contributed by atoms with Crippen molar-refractivity contribution in [1.29, 1.82) is 0 Å². The molecule has 0 fully saturated rings. The Bertz CT molecular complexity index is 960. The lowest BCUT2D eigenvalue weighted by atomic mass is 10.1. The van der Waals surface area contributed by atoms with E-state index in [4.69, 9.17) is 9.05 Å². The summed E-state index contributed by atoms with van der Waals surface area (Å²) in [6.07, 6.45) is 1.80. The standard InChI is InChI=1S/C22H30N6O2/c1-5-8-20-26-21(30-28-20)17-10-7-9-16(11-17)13-24-22(23-6-2)25-14-18-12-19(15(3)4)27-29-18/h7,9-12,15H,5-6,8,13-14H2,1-4H3,(H2,23,24,25). The van der Waals surface area contributed by atoms with Gasteiger partial charge in [0.25, 0.3) is 5.89 Å². The number of aromatic nitrogens is 3. The van der Waals surface area contributed by atoms with Crippen LogP contribution < -0.4 is 10.6 Å². The molecule has 0 radical (unpaired) electrons. The van der Waals surface area contributed by atoms with Gasteiger partial charge in [0, 0.05) is 24.6 Å². The van der Waals surface area contributed by atoms with Crippen LogP contribution in [0.2, 0.25) is 0 Å². The van der Waals surface area contributed by atoms with Crippen LogP contribution in [-0.4, -0.2) is 27.8 Å². The van der Waals surface area contributed by atoms with E-state index in [1.165, 1.54) is 0 Å². The number of aliphatic imine (C=N–C) groups is 1. The summed E-state index contributed by atoms with van der Waals surface area (Å²) in [6.45, 7) is 10.1. The molecule has 0 saturated heterocycles. The highest BCUT2D eigenvalue weighted by Crippen LogP contribution is 2.19. The molecule has 0 saturated carbocycles. The van der Waals surface area contributed by atoms with Crippen molar-refractivity contribution in [2.45, 2.75) is 59.5 Å². The van der Waals surface area contributed by atoms with Gasteiger partial charge < -0.3 is 19.7 Å². The minimum atomic E-state index is 0.341. The fourth-order valence-electron chi connectivity index (χ4n) is 2.87. The van der Waals surface area contributed by atoms with Crippen LogP contribution in [-0.2, 0) is 19.5 Å². The fourth-order valence-corrected chi connectivity index (χ4v) is 2.87. The molecule has 8 heteroatoms. The molecule has 0 aliphatic heterocycles. The number of nitrogens with one attached hydrogen (secondary N) is 2. The summed E-state index contributed by atoms with van der Waals surface area (Å²) in [7, 11) is 0. The monoisotopic (exact) mass is 410 g/mol. The van der Waals surface area contributed by atoms with Gasteiger partial charge in [-0.1, -0.05) is 43.2 Å². The van der Waals surface area contributed by atoms with Crippen molar-refractivity contribution >= 4 is 5.96 Å². The SMILES string of the molecule is CCCc1noc(-c2cccc(CN=C(NCC)NCc3cc(C(C)C)no3)c2)n1. The summed E-state index contributed by atoms with van der Waals surface area (Å²) in [4.78, 5) is 9.13. The highest BCUT2D eigenvalue weighted by Gasteiger charge is 2.10. The largest absolute Gasteiger partial charge is 0.359 e. The number of guanidine groups is 1. The van der Waals surface area contributed by atoms with Crippen molar-refractivity contribution in [3.05, 3.63) is 53.2 Å². The first kappa shape index (κ1) is 21.5. The molecule has 0 aliphatic rings. The first-order valence-corrected chi connectivity index (χ1v) is 10.5. The van der Waals surface area contributed by atoms with Gasteiger partial charge in [-0.3, -0.25) is 0 Å². The maximum atomic E-state index is 5.39. The normalized spacial score (nSPS) is 11.8. The highest BCUT2D eigenvalue weighted by molar-refractivity contribution is 5.79. The summed E-state index contributed by atoms with van der Waals surface area (Å²) in [5.74, 6) is 3.12. The average Bonchev–Trinajstić information content (AvgIpc) is 3.40. The minimum absolute atomic E-state index is 0.341. The first-order chi connectivity index (χ1) is 14.6. The zero-order valence-corrected chi connectivity index (χ0v) is 18.1. The number of benzene rings is 1. The van der Waals surface area contributed by atoms with E-state index in [0.29, 0.717) is 30.9 Å². The lowest BCUT2D eigenvalue weighted by Gasteiger charge is -2.10. The van der Waals surface area contributed by atoms with E-state index in [1.54, 1.807) is 0 Å². The summed E-state index contributed by atoms with van der Waals surface area (Å²) in [5, 5.41) is 14.7. The lowest BCUT2D eigenvalue weighted by Crippen LogP contribution is -2.36. The Kier molecular flexibility index (Phi) is 7.59. The molecule has 0 atom stereocenters. The molecule has 3 rings (SSSR count). The van der Waals surface area contributed by atoms with Crippen LogP contribution in [0.1, 0.15) is 62.9 Å². The molecule has 3 aromatic rings. The maximum absolute atomic E-state index is 5.39. The summed E-state index contributed by atoms with van der Waals surface area (Å²) >= 11 is 0. The molecule has 160 valence electrons. The predicted octanol–water partition coefficient (Wildman–Crippen LogP) is 4.06. The van der Waals surface area contributed by atoms with Crippen LogP contribution in [0.5, 0.6) is 0 Å². The molecular weight excluding hydrogens is 380 g/mol. The zero-order valence-electron chi connectivity index (χ0n) is 18.1. The van der Waals surface area contributed by atoms with Crippen LogP contribution >= 0.6 is 0 Å². The van der Waals surface area contributed by atoms with Crippen LogP contribution in [0.3, 0.4) is 0 Å². The predicted molar refractivity (Wildman–Crippen MR) is 116 cm³/mol. The molecule has 0 bridgehead atoms. The average molecular weight is 411 g/mol. The van der Waals surface area contributed by atoms with Crippen LogP contribution in [0.15, 0.2) is 44.4 Å². The Morgan fingerprint density at radius 1 is 1.10 bits per heavy atom. The molecule has 2 aromatic heterocycles. The topological polar surface area (TPSA) is 101 Å². The van der Waals surface area contributed by atoms with Crippen LogP contribution in [0, 0.1) is 0 Å². The van der Waals surface area contributed by atoms with E-state index >= 15 is 0 Å². The van der Waals surface area contributed by atoms with E-state index < -0.39 is 0 Å². The Balaban J connectivity index is 1.64. The summed E-state index contributed by atoms with van der Waals surface area (Å²) in [6, 6.07) is 9.98. The zero-order chi connectivity index (χ0) is 21.3. The molecule has 1 aromatic carbocycles. The lowest BCUT2D eigenvalue weighted by molar-refractivity contribution is 0.372. The Morgan fingerprint density at radius 2 is 1.97 bits per heavy atom. The molecule has 0 aliphatic carbocycles. The van der Waals surface area contributed by atoms with E-state index in [2.05, 4.69) is 51.7 Å². The first-order valence-electron chi connectivity index (χ1n) is 10.5. The molecule has 2 N–H and O–H groups in total. The molecule has 0 amide bonds. The second-order valence-corrected chi connectivity index (χ2v) is 7.39. The maximum Gasteiger partial charge on any atom is 0.257 e. The smallest absolute Gasteiger partial charge is 0.257 e. The van der Waals surface area contributed by atoms with E-state index in [9.17, 15) is 0 Å². The molecule has 2 heterocycles. The molecule has 0 unspecified atom stereocenters. The van der Waals surface area contributed by atoms with Crippen LogP contribution in [0.25, 0.3) is 11.5 Å².